The number of hydrogen-bond donors (Lipinski definition) is 1. The number of nitrogens with zero attached hydrogens (tertiary/aromatic N) is 1. The van der Waals surface area contributed by atoms with Gasteiger partial charge in [-0.15, -0.1) is 0 Å². The lowest BCUT2D eigenvalue weighted by atomic mass is 9.79. The number of rotatable bonds is 10. The predicted molar refractivity (Wildman–Crippen MR) is 127 cm³/mol. The van der Waals surface area contributed by atoms with Crippen LogP contribution in [0.2, 0.25) is 0 Å². The first-order valence-corrected chi connectivity index (χ1v) is 12.2. The van der Waals surface area contributed by atoms with Crippen LogP contribution >= 0.6 is 11.8 Å². The summed E-state index contributed by atoms with van der Waals surface area (Å²) in [6.07, 6.45) is 7.32. The lowest BCUT2D eigenvalue weighted by Crippen LogP contribution is -2.51. The highest BCUT2D eigenvalue weighted by Gasteiger charge is 2.37. The van der Waals surface area contributed by atoms with Crippen LogP contribution in [0.1, 0.15) is 97.1 Å². The summed E-state index contributed by atoms with van der Waals surface area (Å²) in [6.45, 7) is 16.8. The van der Waals surface area contributed by atoms with Crippen LogP contribution in [0.25, 0.3) is 0 Å². The van der Waals surface area contributed by atoms with Gasteiger partial charge in [-0.3, -0.25) is 0 Å². The fourth-order valence-corrected chi connectivity index (χ4v) is 5.63. The summed E-state index contributed by atoms with van der Waals surface area (Å²) in [5.41, 5.74) is 4.15. The molecule has 0 radical (unpaired) electrons. The van der Waals surface area contributed by atoms with E-state index in [1.54, 1.807) is 0 Å². The third-order valence-corrected chi connectivity index (χ3v) is 7.77. The van der Waals surface area contributed by atoms with Gasteiger partial charge in [-0.25, -0.2) is 0 Å². The van der Waals surface area contributed by atoms with E-state index in [1.807, 2.05) is 11.8 Å². The number of thioether (sulfide) groups is 1. The lowest BCUT2D eigenvalue weighted by Gasteiger charge is -2.48. The summed E-state index contributed by atoms with van der Waals surface area (Å²) < 4.78 is 0.246. The highest BCUT2D eigenvalue weighted by molar-refractivity contribution is 8.00. The number of aliphatic hydroxyl groups is 1. The van der Waals surface area contributed by atoms with Gasteiger partial charge in [-0.1, -0.05) is 71.1 Å². The Balaban J connectivity index is 1.98. The molecule has 160 valence electrons. The summed E-state index contributed by atoms with van der Waals surface area (Å²) in [5, 5.41) is 10.9. The van der Waals surface area contributed by atoms with Gasteiger partial charge in [0.2, 0.25) is 0 Å². The van der Waals surface area contributed by atoms with Crippen molar-refractivity contribution < 1.29 is 5.11 Å². The second-order valence-electron chi connectivity index (χ2n) is 10.1. The first-order valence-electron chi connectivity index (χ1n) is 11.3. The van der Waals surface area contributed by atoms with Crippen LogP contribution in [-0.2, 0) is 0 Å². The fraction of sp³-hybridized carbons (Fsp3) is 0.760. The van der Waals surface area contributed by atoms with Crippen LogP contribution in [-0.4, -0.2) is 33.8 Å². The molecule has 28 heavy (non-hydrogen) atoms. The first-order chi connectivity index (χ1) is 13.1. The van der Waals surface area contributed by atoms with Crippen molar-refractivity contribution in [3.05, 3.63) is 29.3 Å². The Morgan fingerprint density at radius 3 is 2.64 bits per heavy atom. The van der Waals surface area contributed by atoms with Gasteiger partial charge in [0.05, 0.1) is 6.10 Å². The molecule has 2 unspecified atom stereocenters. The molecule has 2 rings (SSSR count). The minimum Gasteiger partial charge on any atom is -0.390 e. The largest absolute Gasteiger partial charge is 0.390 e. The standard InChI is InChI=1S/C25H43NOS/c1-8-9-10-11-14-25(6,7)28-18-21(27)17-26-23-13-12-19(2)15-22(23)20(3)16-24(26,4)5/h12-13,15,20-21,27H,8-11,14,16-18H2,1-7H3. The van der Waals surface area contributed by atoms with Gasteiger partial charge in [0.25, 0.3) is 0 Å². The topological polar surface area (TPSA) is 23.5 Å². The Labute approximate surface area is 178 Å². The Bertz CT molecular complexity index is 625. The lowest BCUT2D eigenvalue weighted by molar-refractivity contribution is 0.191. The van der Waals surface area contributed by atoms with E-state index in [1.165, 1.54) is 48.9 Å². The van der Waals surface area contributed by atoms with E-state index in [0.717, 1.165) is 12.2 Å². The fourth-order valence-electron chi connectivity index (χ4n) is 4.59. The molecular weight excluding hydrogens is 362 g/mol. The predicted octanol–water partition coefficient (Wildman–Crippen LogP) is 6.93. The minimum atomic E-state index is -0.304. The molecule has 0 spiro atoms. The van der Waals surface area contributed by atoms with E-state index < -0.39 is 0 Å². The Kier molecular flexibility index (Phi) is 8.34. The number of β-amino-alcohol motifs (C(OH)–C–C–N with tert-alkyl or cyclic N) is 1. The van der Waals surface area contributed by atoms with E-state index in [9.17, 15) is 5.11 Å². The summed E-state index contributed by atoms with van der Waals surface area (Å²) in [5.74, 6) is 1.37. The number of fused-ring (bicyclic) bond motifs is 1. The molecule has 1 aromatic rings. The van der Waals surface area contributed by atoms with Crippen LogP contribution in [0.5, 0.6) is 0 Å². The highest BCUT2D eigenvalue weighted by atomic mass is 32.2. The van der Waals surface area contributed by atoms with Crippen molar-refractivity contribution in [1.82, 2.24) is 0 Å². The number of unbranched alkanes of at least 4 members (excludes halogenated alkanes) is 3. The molecule has 2 nitrogen and oxygen atoms in total. The van der Waals surface area contributed by atoms with Gasteiger partial charge < -0.3 is 10.0 Å². The zero-order chi connectivity index (χ0) is 20.9. The summed E-state index contributed by atoms with van der Waals surface area (Å²) in [6, 6.07) is 6.81. The smallest absolute Gasteiger partial charge is 0.0805 e. The molecule has 0 saturated carbocycles. The molecule has 2 atom stereocenters. The number of aryl methyl sites for hydroxylation is 1. The van der Waals surface area contributed by atoms with Crippen LogP contribution < -0.4 is 4.90 Å². The van der Waals surface area contributed by atoms with Crippen molar-refractivity contribution in [3.63, 3.8) is 0 Å². The van der Waals surface area contributed by atoms with Gasteiger partial charge in [-0.2, -0.15) is 11.8 Å². The normalized spacial score (nSPS) is 20.1. The summed E-state index contributed by atoms with van der Waals surface area (Å²) >= 11 is 1.94. The molecule has 1 aromatic carbocycles. The number of hydrogen-bond acceptors (Lipinski definition) is 3. The molecule has 1 aliphatic rings. The van der Waals surface area contributed by atoms with Crippen molar-refractivity contribution >= 4 is 17.4 Å². The molecule has 0 aromatic heterocycles. The molecule has 0 aliphatic carbocycles. The van der Waals surface area contributed by atoms with Gasteiger partial charge in [0.15, 0.2) is 0 Å². The van der Waals surface area contributed by atoms with Gasteiger partial charge >= 0.3 is 0 Å². The zero-order valence-electron chi connectivity index (χ0n) is 19.3. The van der Waals surface area contributed by atoms with Crippen LogP contribution in [0.15, 0.2) is 18.2 Å². The maximum Gasteiger partial charge on any atom is 0.0805 e. The second-order valence-corrected chi connectivity index (χ2v) is 11.9. The van der Waals surface area contributed by atoms with Crippen LogP contribution in [0, 0.1) is 6.92 Å². The average molecular weight is 406 g/mol. The van der Waals surface area contributed by atoms with Crippen molar-refractivity contribution in [2.75, 3.05) is 17.2 Å². The van der Waals surface area contributed by atoms with Crippen molar-refractivity contribution in [3.8, 4) is 0 Å². The van der Waals surface area contributed by atoms with Gasteiger partial charge in [0.1, 0.15) is 0 Å². The monoisotopic (exact) mass is 405 g/mol. The highest BCUT2D eigenvalue weighted by Crippen LogP contribution is 2.43. The molecule has 1 heterocycles. The molecular formula is C25H43NOS. The van der Waals surface area contributed by atoms with Crippen molar-refractivity contribution in [2.45, 2.75) is 109 Å². The number of anilines is 1. The molecule has 3 heteroatoms. The Hall–Kier alpha value is -0.670. The zero-order valence-corrected chi connectivity index (χ0v) is 20.2. The maximum absolute atomic E-state index is 10.9. The van der Waals surface area contributed by atoms with Gasteiger partial charge in [-0.05, 0) is 51.2 Å². The second kappa shape index (κ2) is 9.89. The maximum atomic E-state index is 10.9. The SMILES string of the molecule is CCCCCCC(C)(C)SCC(O)CN1c2ccc(C)cc2C(C)CC1(C)C. The van der Waals surface area contributed by atoms with E-state index in [4.69, 9.17) is 0 Å². The van der Waals surface area contributed by atoms with Crippen LogP contribution in [0.4, 0.5) is 5.69 Å². The Morgan fingerprint density at radius 1 is 1.25 bits per heavy atom. The van der Waals surface area contributed by atoms with E-state index >= 15 is 0 Å². The van der Waals surface area contributed by atoms with Crippen molar-refractivity contribution in [2.24, 2.45) is 0 Å². The minimum absolute atomic E-state index is 0.0724. The van der Waals surface area contributed by atoms with E-state index in [0.29, 0.717) is 12.5 Å². The summed E-state index contributed by atoms with van der Waals surface area (Å²) in [4.78, 5) is 2.46. The Morgan fingerprint density at radius 2 is 1.96 bits per heavy atom. The molecule has 0 amide bonds. The van der Waals surface area contributed by atoms with E-state index in [-0.39, 0.29) is 16.4 Å². The third kappa shape index (κ3) is 6.42. The molecule has 1 aliphatic heterocycles. The number of benzene rings is 1. The van der Waals surface area contributed by atoms with E-state index in [2.05, 4.69) is 71.6 Å². The first kappa shape index (κ1) is 23.6. The molecule has 0 bridgehead atoms. The molecule has 1 N–H and O–H groups in total. The van der Waals surface area contributed by atoms with Crippen molar-refractivity contribution in [1.29, 1.82) is 0 Å². The quantitative estimate of drug-likeness (QED) is 0.427. The molecule has 0 fully saturated rings. The molecule has 0 saturated heterocycles. The third-order valence-electron chi connectivity index (χ3n) is 6.23. The number of aliphatic hydroxyl groups excluding tert-OH is 1. The average Bonchev–Trinajstić information content (AvgIpc) is 2.60. The van der Waals surface area contributed by atoms with Crippen LogP contribution in [0.3, 0.4) is 0 Å². The van der Waals surface area contributed by atoms with Gasteiger partial charge in [0, 0.05) is 28.3 Å². The summed E-state index contributed by atoms with van der Waals surface area (Å²) in [7, 11) is 0.